The van der Waals surface area contributed by atoms with E-state index >= 15 is 0 Å². The highest BCUT2D eigenvalue weighted by Gasteiger charge is 2.25. The number of hydrogen-bond donors (Lipinski definition) is 4. The molecule has 2 heterocycles. The number of alkyl carbamates (subject to hydrolysis) is 1. The first kappa shape index (κ1) is 39.0. The van der Waals surface area contributed by atoms with Gasteiger partial charge in [0.05, 0.1) is 27.6 Å². The van der Waals surface area contributed by atoms with Crippen molar-refractivity contribution in [1.82, 2.24) is 30.2 Å². The van der Waals surface area contributed by atoms with Gasteiger partial charge in [-0.1, -0.05) is 74.5 Å². The van der Waals surface area contributed by atoms with Crippen molar-refractivity contribution in [2.75, 3.05) is 13.6 Å². The number of rotatable bonds is 19. The number of urea groups is 1. The van der Waals surface area contributed by atoms with Gasteiger partial charge in [-0.25, -0.2) is 14.6 Å². The summed E-state index contributed by atoms with van der Waals surface area (Å²) < 4.78 is 8.86. The number of benzene rings is 2. The lowest BCUT2D eigenvalue weighted by atomic mass is 9.96. The van der Waals surface area contributed by atoms with Crippen molar-refractivity contribution >= 4 is 51.9 Å². The Labute approximate surface area is 306 Å². The van der Waals surface area contributed by atoms with Crippen LogP contribution in [0.1, 0.15) is 65.7 Å². The zero-order valence-corrected chi connectivity index (χ0v) is 31.2. The van der Waals surface area contributed by atoms with Crippen LogP contribution in [0.25, 0.3) is 0 Å². The summed E-state index contributed by atoms with van der Waals surface area (Å²) in [4.78, 5) is 50.5. The molecule has 3 unspecified atom stereocenters. The third-order valence-corrected chi connectivity index (χ3v) is 10.7. The molecule has 14 heteroatoms. The number of ether oxygens (including phenoxy) is 1. The number of aromatic nitrogens is 2. The molecule has 4 rings (SSSR count). The summed E-state index contributed by atoms with van der Waals surface area (Å²) in [6, 6.07) is 18.6. The molecule has 0 saturated heterocycles. The van der Waals surface area contributed by atoms with Crippen molar-refractivity contribution in [3.63, 3.8) is 0 Å². The van der Waals surface area contributed by atoms with E-state index in [-0.39, 0.29) is 36.4 Å². The summed E-state index contributed by atoms with van der Waals surface area (Å²) in [5, 5.41) is 8.68. The Bertz CT molecular complexity index is 1590. The van der Waals surface area contributed by atoms with E-state index < -0.39 is 12.1 Å². The maximum Gasteiger partial charge on any atom is 0.407 e. The number of carbonyl (C=O) groups excluding carboxylic acids is 3. The van der Waals surface area contributed by atoms with Crippen molar-refractivity contribution in [2.24, 2.45) is 5.73 Å². The lowest BCUT2D eigenvalue weighted by Gasteiger charge is -2.25. The molecule has 2 aromatic heterocycles. The van der Waals surface area contributed by atoms with E-state index in [2.05, 4.69) is 51.3 Å². The second kappa shape index (κ2) is 20.8. The highest BCUT2D eigenvalue weighted by molar-refractivity contribution is 8.12. The van der Waals surface area contributed by atoms with E-state index in [1.807, 2.05) is 53.9 Å². The molecule has 11 nitrogen and oxygen atoms in total. The summed E-state index contributed by atoms with van der Waals surface area (Å²) >= 11 is 4.00. The first-order valence-electron chi connectivity index (χ1n) is 16.7. The van der Waals surface area contributed by atoms with Crippen LogP contribution in [0.4, 0.5) is 9.59 Å². The molecule has 3 amide bonds. The normalized spacial score (nSPS) is 13.0. The van der Waals surface area contributed by atoms with Crippen molar-refractivity contribution in [1.29, 1.82) is 0 Å². The molecule has 268 valence electrons. The lowest BCUT2D eigenvalue weighted by molar-refractivity contribution is -0.112. The van der Waals surface area contributed by atoms with Crippen molar-refractivity contribution in [3.8, 4) is 0 Å². The summed E-state index contributed by atoms with van der Waals surface area (Å²) in [6.07, 6.45) is 4.08. The Hall–Kier alpha value is -3.82. The quantitative estimate of drug-likeness (QED) is 0.0816. The maximum absolute atomic E-state index is 13.5. The van der Waals surface area contributed by atoms with Crippen molar-refractivity contribution < 1.29 is 19.1 Å². The fourth-order valence-corrected chi connectivity index (χ4v) is 7.28. The predicted octanol–water partition coefficient (Wildman–Crippen LogP) is 6.28. The standard InChI is InChI=1S/C36H47N7O4S3/c1-25(2)33-39-30(23-48-33)21-43(3)35(45)41-32(16-17-37)34(44)50-42-29(19-27-12-8-5-9-13-27)15-14-28(18-26-10-6-4-7-11-26)40-36(46)47-22-31-20-38-24-49-31/h4-13,20,23-25,28-29,32,42H,14-19,21-22,37H2,1-3H3,(H,40,46)(H,41,45). The average Bonchev–Trinajstić information content (AvgIpc) is 3.82. The number of carbonyl (C=O) groups is 3. The number of nitrogens with one attached hydrogen (secondary N) is 3. The average molecular weight is 738 g/mol. The molecule has 0 aliphatic heterocycles. The smallest absolute Gasteiger partial charge is 0.407 e. The van der Waals surface area contributed by atoms with Gasteiger partial charge in [0.15, 0.2) is 0 Å². The van der Waals surface area contributed by atoms with E-state index in [9.17, 15) is 14.4 Å². The molecule has 5 N–H and O–H groups in total. The SMILES string of the molecule is CC(C)c1nc(CN(C)C(=O)NC(CCN)C(=O)SNC(CCC(Cc2ccccc2)NC(=O)OCc2cncs2)Cc2ccccc2)cs1. The number of amides is 3. The minimum atomic E-state index is -0.771. The van der Waals surface area contributed by atoms with Gasteiger partial charge in [0.25, 0.3) is 0 Å². The Morgan fingerprint density at radius 3 is 2.18 bits per heavy atom. The highest BCUT2D eigenvalue weighted by atomic mass is 32.2. The summed E-state index contributed by atoms with van der Waals surface area (Å²) in [6.45, 7) is 4.90. The van der Waals surface area contributed by atoms with Gasteiger partial charge in [-0.05, 0) is 61.7 Å². The van der Waals surface area contributed by atoms with Gasteiger partial charge < -0.3 is 26.0 Å². The Balaban J connectivity index is 1.38. The molecule has 2 aromatic carbocycles. The number of hydrogen-bond acceptors (Lipinski definition) is 11. The fraction of sp³-hybridized carbons (Fsp3) is 0.417. The fourth-order valence-electron chi connectivity index (χ4n) is 5.15. The van der Waals surface area contributed by atoms with Crippen LogP contribution in [0, 0.1) is 0 Å². The van der Waals surface area contributed by atoms with Crippen LogP contribution in [0.2, 0.25) is 0 Å². The molecule has 0 radical (unpaired) electrons. The number of thiazole rings is 2. The molecule has 0 fully saturated rings. The zero-order chi connectivity index (χ0) is 35.7. The largest absolute Gasteiger partial charge is 0.444 e. The van der Waals surface area contributed by atoms with E-state index in [1.54, 1.807) is 30.1 Å². The van der Waals surface area contributed by atoms with Gasteiger partial charge in [-0.15, -0.1) is 22.7 Å². The zero-order valence-electron chi connectivity index (χ0n) is 28.7. The second-order valence-electron chi connectivity index (χ2n) is 12.3. The van der Waals surface area contributed by atoms with E-state index in [4.69, 9.17) is 10.5 Å². The third-order valence-electron chi connectivity index (χ3n) is 7.84. The topological polar surface area (TPSA) is 152 Å². The summed E-state index contributed by atoms with van der Waals surface area (Å²) in [7, 11) is 1.68. The lowest BCUT2D eigenvalue weighted by Crippen LogP contribution is -2.47. The van der Waals surface area contributed by atoms with Crippen LogP contribution in [0.5, 0.6) is 0 Å². The van der Waals surface area contributed by atoms with Crippen molar-refractivity contribution in [2.45, 2.75) is 83.1 Å². The molecule has 0 spiro atoms. The van der Waals surface area contributed by atoms with Gasteiger partial charge in [-0.2, -0.15) is 0 Å². The summed E-state index contributed by atoms with van der Waals surface area (Å²) in [5.41, 5.74) is 10.6. The minimum Gasteiger partial charge on any atom is -0.444 e. The van der Waals surface area contributed by atoms with Crippen LogP contribution < -0.4 is 21.1 Å². The van der Waals surface area contributed by atoms with Crippen LogP contribution >= 0.6 is 34.6 Å². The van der Waals surface area contributed by atoms with Crippen LogP contribution in [0.15, 0.2) is 77.8 Å². The van der Waals surface area contributed by atoms with Crippen LogP contribution in [-0.2, 0) is 35.5 Å². The van der Waals surface area contributed by atoms with Crippen molar-refractivity contribution in [3.05, 3.63) is 104 Å². The molecule has 0 bridgehead atoms. The van der Waals surface area contributed by atoms with Gasteiger partial charge in [0.1, 0.15) is 12.6 Å². The predicted molar refractivity (Wildman–Crippen MR) is 202 cm³/mol. The van der Waals surface area contributed by atoms with E-state index in [0.29, 0.717) is 44.6 Å². The number of nitrogens with zero attached hydrogens (tertiary/aromatic N) is 3. The monoisotopic (exact) mass is 737 g/mol. The molecule has 0 saturated carbocycles. The van der Waals surface area contributed by atoms with Gasteiger partial charge >= 0.3 is 12.1 Å². The van der Waals surface area contributed by atoms with Gasteiger partial charge in [0.2, 0.25) is 5.12 Å². The molecule has 3 atom stereocenters. The highest BCUT2D eigenvalue weighted by Crippen LogP contribution is 2.20. The second-order valence-corrected chi connectivity index (χ2v) is 15.0. The molecule has 0 aliphatic carbocycles. The molecular formula is C36H47N7O4S3. The van der Waals surface area contributed by atoms with Crippen LogP contribution in [0.3, 0.4) is 0 Å². The Morgan fingerprint density at radius 1 is 0.920 bits per heavy atom. The molecule has 50 heavy (non-hydrogen) atoms. The molecular weight excluding hydrogens is 691 g/mol. The first-order valence-corrected chi connectivity index (χ1v) is 19.3. The number of nitrogens with two attached hydrogens (primary N) is 1. The third kappa shape index (κ3) is 13.5. The molecule has 4 aromatic rings. The van der Waals surface area contributed by atoms with E-state index in [1.165, 1.54) is 16.2 Å². The Kier molecular flexibility index (Phi) is 16.2. The maximum atomic E-state index is 13.5. The molecule has 0 aliphatic rings. The van der Waals surface area contributed by atoms with Gasteiger partial charge in [0, 0.05) is 36.6 Å². The van der Waals surface area contributed by atoms with Gasteiger partial charge in [-0.3, -0.25) is 14.5 Å². The minimum absolute atomic E-state index is 0.114. The van der Waals surface area contributed by atoms with E-state index in [0.717, 1.165) is 38.7 Å². The Morgan fingerprint density at radius 2 is 1.58 bits per heavy atom. The van der Waals surface area contributed by atoms with Crippen LogP contribution in [-0.4, -0.2) is 63.8 Å². The first-order chi connectivity index (χ1) is 24.2. The summed E-state index contributed by atoms with van der Waals surface area (Å²) in [5.74, 6) is 0.316.